The number of benzene rings is 2. The molecule has 1 N–H and O–H groups in total. The lowest BCUT2D eigenvalue weighted by Gasteiger charge is -2.13. The van der Waals surface area contributed by atoms with Gasteiger partial charge in [-0.05, 0) is 42.5 Å². The van der Waals surface area contributed by atoms with Crippen LogP contribution < -0.4 is 0 Å². The highest BCUT2D eigenvalue weighted by Gasteiger charge is 2.54. The van der Waals surface area contributed by atoms with Crippen molar-refractivity contribution in [1.29, 1.82) is 0 Å². The minimum absolute atomic E-state index is 0.0150. The average molecular weight is 369 g/mol. The van der Waals surface area contributed by atoms with Gasteiger partial charge in [0.25, 0.3) is 0 Å². The first-order valence-electron chi connectivity index (χ1n) is 9.99. The molecule has 1 aliphatic carbocycles. The molecule has 0 heterocycles. The van der Waals surface area contributed by atoms with Crippen LogP contribution in [0.5, 0.6) is 5.75 Å². The zero-order chi connectivity index (χ0) is 20.3. The van der Waals surface area contributed by atoms with Gasteiger partial charge in [-0.15, -0.1) is 0 Å². The summed E-state index contributed by atoms with van der Waals surface area (Å²) in [5, 5.41) is 9.29. The molecule has 1 aliphatic rings. The number of carbonyl (C=O) groups excluding carboxylic acids is 2. The topological polar surface area (TPSA) is 54.4 Å². The molecule has 27 heavy (non-hydrogen) atoms. The van der Waals surface area contributed by atoms with Crippen molar-refractivity contribution in [1.82, 2.24) is 0 Å². The van der Waals surface area contributed by atoms with Crippen molar-refractivity contribution < 1.29 is 14.7 Å². The number of phenolic OH excluding ortho intramolecular Hbond substituents is 1. The first-order valence-corrected chi connectivity index (χ1v) is 9.99. The lowest BCUT2D eigenvalue weighted by molar-refractivity contribution is -0.134. The van der Waals surface area contributed by atoms with Crippen molar-refractivity contribution in [3.05, 3.63) is 65.7 Å². The maximum absolute atomic E-state index is 12.6. The molecule has 0 amide bonds. The second-order valence-electron chi connectivity index (χ2n) is 6.26. The summed E-state index contributed by atoms with van der Waals surface area (Å²) in [7, 11) is 0. The quantitative estimate of drug-likeness (QED) is 0.653. The van der Waals surface area contributed by atoms with E-state index in [1.54, 1.807) is 24.3 Å². The van der Waals surface area contributed by atoms with Crippen LogP contribution in [0, 0.1) is 5.41 Å². The molecule has 0 radical (unpaired) electrons. The number of ketones is 2. The third-order valence-electron chi connectivity index (χ3n) is 4.60. The third-order valence-corrected chi connectivity index (χ3v) is 4.60. The van der Waals surface area contributed by atoms with Crippen molar-refractivity contribution in [2.75, 3.05) is 0 Å². The molecule has 2 aromatic carbocycles. The van der Waals surface area contributed by atoms with Gasteiger partial charge in [0.1, 0.15) is 11.5 Å². The van der Waals surface area contributed by atoms with Crippen LogP contribution in [0.1, 0.15) is 58.1 Å². The van der Waals surface area contributed by atoms with Crippen LogP contribution in [0.2, 0.25) is 0 Å². The van der Waals surface area contributed by atoms with E-state index in [9.17, 15) is 14.7 Å². The largest absolute Gasteiger partial charge is 0.508 e. The highest BCUT2D eigenvalue weighted by atomic mass is 16.3. The summed E-state index contributed by atoms with van der Waals surface area (Å²) in [5.74, 6) is 0.271. The van der Waals surface area contributed by atoms with Gasteiger partial charge in [0.15, 0.2) is 5.78 Å². The van der Waals surface area contributed by atoms with Gasteiger partial charge in [0.2, 0.25) is 0 Å². The van der Waals surface area contributed by atoms with Crippen molar-refractivity contribution in [2.45, 2.75) is 59.8 Å². The first-order chi connectivity index (χ1) is 13.1. The van der Waals surface area contributed by atoms with E-state index in [0.717, 1.165) is 11.1 Å². The summed E-state index contributed by atoms with van der Waals surface area (Å²) < 4.78 is 0. The molecule has 0 aliphatic heterocycles. The van der Waals surface area contributed by atoms with Gasteiger partial charge in [-0.25, -0.2) is 0 Å². The predicted molar refractivity (Wildman–Crippen MR) is 111 cm³/mol. The number of aromatic hydroxyl groups is 1. The lowest BCUT2D eigenvalue weighted by atomic mass is 9.88. The zero-order valence-corrected chi connectivity index (χ0v) is 17.0. The van der Waals surface area contributed by atoms with E-state index in [-0.39, 0.29) is 23.7 Å². The van der Waals surface area contributed by atoms with Gasteiger partial charge in [0.05, 0.1) is 5.41 Å². The Labute approximate surface area is 163 Å². The summed E-state index contributed by atoms with van der Waals surface area (Å²) >= 11 is 0. The van der Waals surface area contributed by atoms with Crippen LogP contribution >= 0.6 is 0 Å². The molecular weight excluding hydrogens is 336 g/mol. The van der Waals surface area contributed by atoms with E-state index in [1.165, 1.54) is 0 Å². The van der Waals surface area contributed by atoms with Gasteiger partial charge >= 0.3 is 0 Å². The number of rotatable bonds is 7. The molecule has 0 spiro atoms. The van der Waals surface area contributed by atoms with Crippen molar-refractivity contribution >= 4 is 11.6 Å². The van der Waals surface area contributed by atoms with Crippen LogP contribution in [-0.4, -0.2) is 16.7 Å². The second-order valence-corrected chi connectivity index (χ2v) is 6.26. The molecule has 1 fully saturated rings. The van der Waals surface area contributed by atoms with Crippen LogP contribution in [-0.2, 0) is 22.4 Å². The Morgan fingerprint density at radius 1 is 0.815 bits per heavy atom. The summed E-state index contributed by atoms with van der Waals surface area (Å²) in [6, 6.07) is 16.5. The minimum atomic E-state index is -0.743. The monoisotopic (exact) mass is 368 g/mol. The van der Waals surface area contributed by atoms with E-state index in [1.807, 2.05) is 58.0 Å². The molecule has 3 heteroatoms. The van der Waals surface area contributed by atoms with Gasteiger partial charge in [0, 0.05) is 12.8 Å². The maximum Gasteiger partial charge on any atom is 0.150 e. The summed E-state index contributed by atoms with van der Waals surface area (Å²) in [5.41, 5.74) is 1.23. The first kappa shape index (κ1) is 22.6. The molecular formula is C24H32O3. The number of hydrogen-bond acceptors (Lipinski definition) is 3. The molecule has 0 atom stereocenters. The third kappa shape index (κ3) is 6.35. The van der Waals surface area contributed by atoms with Gasteiger partial charge in [-0.3, -0.25) is 9.59 Å². The Hall–Kier alpha value is -2.42. The summed E-state index contributed by atoms with van der Waals surface area (Å²) in [6.45, 7) is 8.00. The Balaban J connectivity index is 0.000000855. The highest BCUT2D eigenvalue weighted by Crippen LogP contribution is 2.49. The maximum atomic E-state index is 12.6. The summed E-state index contributed by atoms with van der Waals surface area (Å²) in [6.07, 6.45) is 2.73. The fourth-order valence-corrected chi connectivity index (χ4v) is 2.95. The highest BCUT2D eigenvalue weighted by molar-refractivity contribution is 6.10. The number of Topliss-reactive ketones (excluding diaryl/α,β-unsaturated/α-hetero) is 2. The minimum Gasteiger partial charge on any atom is -0.508 e. The van der Waals surface area contributed by atoms with Crippen LogP contribution in [0.4, 0.5) is 0 Å². The van der Waals surface area contributed by atoms with Crippen molar-refractivity contribution in [2.24, 2.45) is 5.41 Å². The fraction of sp³-hybridized carbons (Fsp3) is 0.417. The Kier molecular flexibility index (Phi) is 9.49. The summed E-state index contributed by atoms with van der Waals surface area (Å²) in [4.78, 5) is 25.1. The fourth-order valence-electron chi connectivity index (χ4n) is 2.95. The smallest absolute Gasteiger partial charge is 0.150 e. The van der Waals surface area contributed by atoms with Crippen LogP contribution in [0.15, 0.2) is 54.6 Å². The zero-order valence-electron chi connectivity index (χ0n) is 17.0. The van der Waals surface area contributed by atoms with E-state index in [2.05, 4.69) is 0 Å². The number of phenols is 1. The van der Waals surface area contributed by atoms with Crippen LogP contribution in [0.25, 0.3) is 0 Å². The van der Waals surface area contributed by atoms with Gasteiger partial charge in [-0.2, -0.15) is 0 Å². The normalized spacial score (nSPS) is 13.3. The lowest BCUT2D eigenvalue weighted by Crippen LogP contribution is -2.27. The molecule has 3 nitrogen and oxygen atoms in total. The van der Waals surface area contributed by atoms with Crippen molar-refractivity contribution in [3.63, 3.8) is 0 Å². The average Bonchev–Trinajstić information content (AvgIpc) is 3.54. The number of hydrogen-bond donors (Lipinski definition) is 1. The molecule has 0 saturated heterocycles. The molecule has 0 bridgehead atoms. The van der Waals surface area contributed by atoms with Crippen LogP contribution in [0.3, 0.4) is 0 Å². The second kappa shape index (κ2) is 11.3. The molecule has 2 aromatic rings. The predicted octanol–water partition coefficient (Wildman–Crippen LogP) is 5.54. The molecule has 146 valence electrons. The van der Waals surface area contributed by atoms with Gasteiger partial charge < -0.3 is 5.11 Å². The number of aryl methyl sites for hydroxylation is 1. The Bertz CT molecular complexity index is 698. The molecule has 1 saturated carbocycles. The SMILES string of the molecule is CC.CC.O=C(CCc1ccccc1)C1(C(=O)Cc2ccc(O)cc2)CC1. The molecule has 0 aromatic heterocycles. The van der Waals surface area contributed by atoms with E-state index in [0.29, 0.717) is 25.7 Å². The Morgan fingerprint density at radius 2 is 1.37 bits per heavy atom. The number of carbonyl (C=O) groups is 2. The van der Waals surface area contributed by atoms with E-state index in [4.69, 9.17) is 0 Å². The molecule has 0 unspecified atom stereocenters. The molecule has 3 rings (SSSR count). The van der Waals surface area contributed by atoms with Gasteiger partial charge in [-0.1, -0.05) is 70.2 Å². The standard InChI is InChI=1S/C20H20O3.2C2H6/c21-17-9-6-16(7-10-17)14-19(23)20(12-13-20)18(22)11-8-15-4-2-1-3-5-15;2*1-2/h1-7,9-10,21H,8,11-14H2;2*1-2H3. The van der Waals surface area contributed by atoms with Crippen molar-refractivity contribution in [3.8, 4) is 5.75 Å². The Morgan fingerprint density at radius 3 is 1.89 bits per heavy atom. The van der Waals surface area contributed by atoms with E-state index >= 15 is 0 Å². The van der Waals surface area contributed by atoms with E-state index < -0.39 is 5.41 Å².